The highest BCUT2D eigenvalue weighted by molar-refractivity contribution is 7.92. The van der Waals surface area contributed by atoms with Crippen molar-refractivity contribution < 1.29 is 22.4 Å². The van der Waals surface area contributed by atoms with Crippen LogP contribution in [0.5, 0.6) is 0 Å². The molecule has 0 aliphatic rings. The molecule has 10 heteroatoms. The van der Waals surface area contributed by atoms with Crippen LogP contribution in [0.1, 0.15) is 32.8 Å². The molecule has 0 aromatic heterocycles. The first-order valence-corrected chi connectivity index (χ1v) is 12.7. The number of halogens is 2. The summed E-state index contributed by atoms with van der Waals surface area (Å²) in [5, 5.41) is 3.31. The molecule has 2 aromatic carbocycles. The first kappa shape index (κ1) is 26.6. The molecule has 0 spiro atoms. The number of sulfonamides is 1. The van der Waals surface area contributed by atoms with E-state index in [1.165, 1.54) is 23.1 Å². The van der Waals surface area contributed by atoms with Crippen molar-refractivity contribution >= 4 is 39.1 Å². The fourth-order valence-corrected chi connectivity index (χ4v) is 4.18. The van der Waals surface area contributed by atoms with Gasteiger partial charge in [0.25, 0.3) is 0 Å². The maximum atomic E-state index is 13.7. The molecule has 0 heterocycles. The predicted molar refractivity (Wildman–Crippen MR) is 128 cm³/mol. The van der Waals surface area contributed by atoms with Gasteiger partial charge in [0.2, 0.25) is 21.8 Å². The minimum atomic E-state index is -3.91. The number of carbonyl (C=O) groups excluding carboxylic acids is 2. The summed E-state index contributed by atoms with van der Waals surface area (Å²) in [6.45, 7) is 4.79. The molecule has 0 saturated carbocycles. The number of hydrogen-bond acceptors (Lipinski definition) is 4. The topological polar surface area (TPSA) is 86.8 Å². The van der Waals surface area contributed by atoms with Crippen LogP contribution in [0.3, 0.4) is 0 Å². The molecular formula is C23H29ClFN3O4S. The third-order valence-electron chi connectivity index (χ3n) is 5.19. The third-order valence-corrected chi connectivity index (χ3v) is 6.56. The molecule has 2 aromatic rings. The molecule has 7 nitrogen and oxygen atoms in total. The Bertz CT molecular complexity index is 1100. The second kappa shape index (κ2) is 11.5. The van der Waals surface area contributed by atoms with Crippen molar-refractivity contribution in [3.63, 3.8) is 0 Å². The molecule has 0 fully saturated rings. The largest absolute Gasteiger partial charge is 0.352 e. The maximum Gasteiger partial charge on any atom is 0.244 e. The van der Waals surface area contributed by atoms with Crippen LogP contribution < -0.4 is 9.62 Å². The van der Waals surface area contributed by atoms with Gasteiger partial charge >= 0.3 is 0 Å². The Labute approximate surface area is 199 Å². The lowest BCUT2D eigenvalue weighted by molar-refractivity contribution is -0.139. The zero-order valence-corrected chi connectivity index (χ0v) is 20.7. The van der Waals surface area contributed by atoms with E-state index in [1.807, 2.05) is 13.8 Å². The quantitative estimate of drug-likeness (QED) is 0.543. The third kappa shape index (κ3) is 7.71. The maximum absolute atomic E-state index is 13.7. The normalized spacial score (nSPS) is 13.2. The van der Waals surface area contributed by atoms with E-state index in [0.717, 1.165) is 16.6 Å². The van der Waals surface area contributed by atoms with Gasteiger partial charge < -0.3 is 10.2 Å². The zero-order chi connectivity index (χ0) is 24.8. The van der Waals surface area contributed by atoms with Crippen LogP contribution in [0.4, 0.5) is 10.1 Å². The first-order valence-electron chi connectivity index (χ1n) is 10.5. The molecule has 2 rings (SSSR count). The van der Waals surface area contributed by atoms with Gasteiger partial charge in [-0.05, 0) is 56.2 Å². The van der Waals surface area contributed by atoms with Gasteiger partial charge in [0.15, 0.2) is 0 Å². The fourth-order valence-electron chi connectivity index (χ4n) is 3.13. The fraction of sp³-hybridized carbons (Fsp3) is 0.391. The number of rotatable bonds is 10. The smallest absolute Gasteiger partial charge is 0.244 e. The van der Waals surface area contributed by atoms with Gasteiger partial charge in [-0.2, -0.15) is 0 Å². The van der Waals surface area contributed by atoms with E-state index in [1.54, 1.807) is 31.2 Å². The van der Waals surface area contributed by atoms with Gasteiger partial charge in [0, 0.05) is 17.6 Å². The zero-order valence-electron chi connectivity index (χ0n) is 19.1. The van der Waals surface area contributed by atoms with Gasteiger partial charge in [-0.25, -0.2) is 12.8 Å². The molecule has 33 heavy (non-hydrogen) atoms. The molecule has 0 aliphatic carbocycles. The van der Waals surface area contributed by atoms with Gasteiger partial charge in [0.1, 0.15) is 18.4 Å². The van der Waals surface area contributed by atoms with Crippen LogP contribution >= 0.6 is 11.6 Å². The van der Waals surface area contributed by atoms with Gasteiger partial charge in [-0.15, -0.1) is 0 Å². The Balaban J connectivity index is 2.38. The summed E-state index contributed by atoms with van der Waals surface area (Å²) >= 11 is 6.07. The van der Waals surface area contributed by atoms with Crippen molar-refractivity contribution in [2.75, 3.05) is 17.1 Å². The van der Waals surface area contributed by atoms with Crippen molar-refractivity contribution in [3.8, 4) is 0 Å². The minimum Gasteiger partial charge on any atom is -0.352 e. The first-order chi connectivity index (χ1) is 15.4. The highest BCUT2D eigenvalue weighted by Gasteiger charge is 2.30. The van der Waals surface area contributed by atoms with Crippen molar-refractivity contribution in [1.29, 1.82) is 0 Å². The number of carbonyl (C=O) groups is 2. The number of benzene rings is 2. The van der Waals surface area contributed by atoms with E-state index in [9.17, 15) is 22.4 Å². The Morgan fingerprint density at radius 1 is 1.12 bits per heavy atom. The van der Waals surface area contributed by atoms with Gasteiger partial charge in [-0.1, -0.05) is 36.7 Å². The van der Waals surface area contributed by atoms with E-state index in [4.69, 9.17) is 11.6 Å². The lowest BCUT2D eigenvalue weighted by Gasteiger charge is -2.32. The Hall–Kier alpha value is -2.65. The molecular weight excluding hydrogens is 469 g/mol. The standard InChI is InChI=1S/C23H29ClFN3O4S/c1-5-16(2)26-23(30)17(3)27(14-18-8-6-9-19(24)12-18)22(29)15-28(33(4,31)32)21-11-7-10-20(25)13-21/h6-13,16-17H,5,14-15H2,1-4H3,(H,26,30)/t16-,17+/m1/s1. The van der Waals surface area contributed by atoms with Crippen LogP contribution in [0.25, 0.3) is 0 Å². The summed E-state index contributed by atoms with van der Waals surface area (Å²) in [7, 11) is -3.91. The van der Waals surface area contributed by atoms with Crippen LogP contribution in [0, 0.1) is 5.82 Å². The molecule has 0 bridgehead atoms. The molecule has 0 aliphatic heterocycles. The monoisotopic (exact) mass is 497 g/mol. The number of nitrogens with zero attached hydrogens (tertiary/aromatic N) is 2. The van der Waals surface area contributed by atoms with Crippen LogP contribution in [0.15, 0.2) is 48.5 Å². The molecule has 0 radical (unpaired) electrons. The lowest BCUT2D eigenvalue weighted by Crippen LogP contribution is -2.52. The highest BCUT2D eigenvalue weighted by atomic mass is 35.5. The molecule has 2 atom stereocenters. The molecule has 0 saturated heterocycles. The van der Waals surface area contributed by atoms with E-state index in [2.05, 4.69) is 5.32 Å². The lowest BCUT2D eigenvalue weighted by atomic mass is 10.1. The molecule has 2 amide bonds. The van der Waals surface area contributed by atoms with Crippen molar-refractivity contribution in [1.82, 2.24) is 10.2 Å². The number of anilines is 1. The average molecular weight is 498 g/mol. The Morgan fingerprint density at radius 2 is 1.79 bits per heavy atom. The van der Waals surface area contributed by atoms with Crippen LogP contribution in [-0.4, -0.2) is 50.0 Å². The summed E-state index contributed by atoms with van der Waals surface area (Å²) in [4.78, 5) is 27.5. The summed E-state index contributed by atoms with van der Waals surface area (Å²) in [5.41, 5.74) is 0.695. The summed E-state index contributed by atoms with van der Waals surface area (Å²) in [6, 6.07) is 10.8. The molecule has 1 N–H and O–H groups in total. The van der Waals surface area contributed by atoms with Crippen molar-refractivity contribution in [3.05, 3.63) is 64.9 Å². The molecule has 0 unspecified atom stereocenters. The van der Waals surface area contributed by atoms with Crippen molar-refractivity contribution in [2.45, 2.75) is 45.8 Å². The highest BCUT2D eigenvalue weighted by Crippen LogP contribution is 2.20. The van der Waals surface area contributed by atoms with Crippen LogP contribution in [0.2, 0.25) is 5.02 Å². The summed E-state index contributed by atoms with van der Waals surface area (Å²) in [5.74, 6) is -1.61. The van der Waals surface area contributed by atoms with Gasteiger partial charge in [-0.3, -0.25) is 13.9 Å². The number of hydrogen-bond donors (Lipinski definition) is 1. The number of nitrogens with one attached hydrogen (secondary N) is 1. The van der Waals surface area contributed by atoms with Gasteiger partial charge in [0.05, 0.1) is 11.9 Å². The SMILES string of the molecule is CC[C@@H](C)NC(=O)[C@H](C)N(Cc1cccc(Cl)c1)C(=O)CN(c1cccc(F)c1)S(C)(=O)=O. The predicted octanol–water partition coefficient (Wildman–Crippen LogP) is 3.58. The second-order valence-electron chi connectivity index (χ2n) is 7.89. The molecule has 180 valence electrons. The van der Waals surface area contributed by atoms with Crippen molar-refractivity contribution in [2.24, 2.45) is 0 Å². The summed E-state index contributed by atoms with van der Waals surface area (Å²) < 4.78 is 39.4. The van der Waals surface area contributed by atoms with E-state index in [0.29, 0.717) is 17.0 Å². The Morgan fingerprint density at radius 3 is 2.36 bits per heavy atom. The minimum absolute atomic E-state index is 0.0188. The summed E-state index contributed by atoms with van der Waals surface area (Å²) in [6.07, 6.45) is 1.65. The van der Waals surface area contributed by atoms with E-state index in [-0.39, 0.29) is 24.2 Å². The number of amides is 2. The van der Waals surface area contributed by atoms with E-state index >= 15 is 0 Å². The average Bonchev–Trinajstić information content (AvgIpc) is 2.74. The van der Waals surface area contributed by atoms with E-state index < -0.39 is 34.3 Å². The second-order valence-corrected chi connectivity index (χ2v) is 10.2. The van der Waals surface area contributed by atoms with Crippen LogP contribution in [-0.2, 0) is 26.2 Å². The Kier molecular flexibility index (Phi) is 9.25.